The number of carboxylic acid groups (broad SMARTS) is 1. The fourth-order valence-corrected chi connectivity index (χ4v) is 3.79. The van der Waals surface area contributed by atoms with Crippen molar-refractivity contribution in [1.82, 2.24) is 15.1 Å². The molecule has 0 bridgehead atoms. The van der Waals surface area contributed by atoms with Crippen molar-refractivity contribution in [2.75, 3.05) is 32.8 Å². The summed E-state index contributed by atoms with van der Waals surface area (Å²) in [5.41, 5.74) is 0. The summed E-state index contributed by atoms with van der Waals surface area (Å²) in [6, 6.07) is 0.168. The maximum absolute atomic E-state index is 12.5. The van der Waals surface area contributed by atoms with Crippen LogP contribution in [0.3, 0.4) is 0 Å². The molecule has 0 aromatic carbocycles. The van der Waals surface area contributed by atoms with Crippen LogP contribution in [0.15, 0.2) is 0 Å². The van der Waals surface area contributed by atoms with Crippen molar-refractivity contribution in [3.63, 3.8) is 0 Å². The zero-order valence-corrected chi connectivity index (χ0v) is 12.2. The summed E-state index contributed by atoms with van der Waals surface area (Å²) >= 11 is 0. The second-order valence-electron chi connectivity index (χ2n) is 6.11. The largest absolute Gasteiger partial charge is 0.481 e. The molecule has 2 N–H and O–H groups in total. The molecule has 3 aliphatic rings. The first-order chi connectivity index (χ1) is 10.1. The number of carbonyl (C=O) groups excluding carboxylic acids is 1. The molecule has 3 aliphatic heterocycles. The number of carboxylic acids is 1. The van der Waals surface area contributed by atoms with Gasteiger partial charge in [-0.1, -0.05) is 0 Å². The first-order valence-corrected chi connectivity index (χ1v) is 7.76. The van der Waals surface area contributed by atoms with E-state index in [-0.39, 0.29) is 24.5 Å². The van der Waals surface area contributed by atoms with Gasteiger partial charge in [-0.25, -0.2) is 4.79 Å². The summed E-state index contributed by atoms with van der Waals surface area (Å²) in [5, 5.41) is 12.1. The Labute approximate surface area is 124 Å². The Hall–Kier alpha value is -1.34. The number of rotatable bonds is 3. The number of urea groups is 1. The minimum Gasteiger partial charge on any atom is -0.481 e. The maximum atomic E-state index is 12.5. The Morgan fingerprint density at radius 3 is 2.90 bits per heavy atom. The van der Waals surface area contributed by atoms with E-state index in [0.717, 1.165) is 25.9 Å². The molecule has 7 heteroatoms. The highest BCUT2D eigenvalue weighted by atomic mass is 16.5. The lowest BCUT2D eigenvalue weighted by Crippen LogP contribution is -2.56. The van der Waals surface area contributed by atoms with Crippen molar-refractivity contribution >= 4 is 12.0 Å². The highest BCUT2D eigenvalue weighted by molar-refractivity contribution is 5.76. The van der Waals surface area contributed by atoms with Gasteiger partial charge in [0.1, 0.15) is 0 Å². The number of carbonyl (C=O) groups is 2. The fourth-order valence-electron chi connectivity index (χ4n) is 3.79. The van der Waals surface area contributed by atoms with Crippen LogP contribution in [0.1, 0.15) is 25.7 Å². The van der Waals surface area contributed by atoms with Crippen molar-refractivity contribution in [1.29, 1.82) is 0 Å². The van der Waals surface area contributed by atoms with Gasteiger partial charge in [-0.2, -0.15) is 0 Å². The van der Waals surface area contributed by atoms with Crippen molar-refractivity contribution in [3.8, 4) is 0 Å². The van der Waals surface area contributed by atoms with Gasteiger partial charge in [0, 0.05) is 25.2 Å². The summed E-state index contributed by atoms with van der Waals surface area (Å²) < 4.78 is 5.31. The van der Waals surface area contributed by atoms with Gasteiger partial charge in [-0.15, -0.1) is 0 Å². The lowest BCUT2D eigenvalue weighted by molar-refractivity contribution is -0.139. The molecule has 0 radical (unpaired) electrons. The third kappa shape index (κ3) is 3.13. The van der Waals surface area contributed by atoms with Crippen LogP contribution in [-0.4, -0.2) is 77.9 Å². The summed E-state index contributed by atoms with van der Waals surface area (Å²) in [6.07, 6.45) is 3.28. The number of nitrogens with zero attached hydrogens (tertiary/aromatic N) is 2. The van der Waals surface area contributed by atoms with Crippen LogP contribution in [0, 0.1) is 0 Å². The topological polar surface area (TPSA) is 82.1 Å². The standard InChI is InChI=1S/C14H23N3O4/c18-13(19)8-10-9-21-7-6-17(10)14(20)15-11-3-5-16-4-1-2-12(11)16/h10-12H,1-9H2,(H,15,20)(H,18,19). The lowest BCUT2D eigenvalue weighted by atomic mass is 10.1. The number of aliphatic carboxylic acids is 1. The predicted molar refractivity (Wildman–Crippen MR) is 75.1 cm³/mol. The molecule has 0 aromatic rings. The van der Waals surface area contributed by atoms with Gasteiger partial charge in [-0.05, 0) is 25.8 Å². The van der Waals surface area contributed by atoms with E-state index in [9.17, 15) is 9.59 Å². The van der Waals surface area contributed by atoms with Gasteiger partial charge in [0.25, 0.3) is 0 Å². The Morgan fingerprint density at radius 2 is 2.10 bits per heavy atom. The summed E-state index contributed by atoms with van der Waals surface area (Å²) in [7, 11) is 0. The highest BCUT2D eigenvalue weighted by Crippen LogP contribution is 2.28. The summed E-state index contributed by atoms with van der Waals surface area (Å²) in [6.45, 7) is 3.43. The molecule has 3 fully saturated rings. The SMILES string of the molecule is O=C(O)CC1COCCN1C(=O)NC1CCN2CCCC12. The smallest absolute Gasteiger partial charge is 0.318 e. The Kier molecular flexibility index (Phi) is 4.30. The molecule has 0 aromatic heterocycles. The van der Waals surface area contributed by atoms with Crippen LogP contribution < -0.4 is 5.32 Å². The molecule has 118 valence electrons. The number of nitrogens with one attached hydrogen (secondary N) is 1. The molecule has 3 unspecified atom stereocenters. The zero-order chi connectivity index (χ0) is 14.8. The van der Waals surface area contributed by atoms with E-state index in [1.165, 1.54) is 6.42 Å². The van der Waals surface area contributed by atoms with Crippen molar-refractivity contribution in [3.05, 3.63) is 0 Å². The first kappa shape index (κ1) is 14.6. The zero-order valence-electron chi connectivity index (χ0n) is 12.2. The maximum Gasteiger partial charge on any atom is 0.318 e. The second-order valence-corrected chi connectivity index (χ2v) is 6.11. The van der Waals surface area contributed by atoms with Crippen LogP contribution in [0.25, 0.3) is 0 Å². The van der Waals surface area contributed by atoms with Gasteiger partial charge in [0.2, 0.25) is 0 Å². The molecule has 7 nitrogen and oxygen atoms in total. The fraction of sp³-hybridized carbons (Fsp3) is 0.857. The second kappa shape index (κ2) is 6.19. The Morgan fingerprint density at radius 1 is 1.24 bits per heavy atom. The van der Waals surface area contributed by atoms with E-state index in [4.69, 9.17) is 9.84 Å². The molecular formula is C14H23N3O4. The van der Waals surface area contributed by atoms with Gasteiger partial charge >= 0.3 is 12.0 Å². The summed E-state index contributed by atoms with van der Waals surface area (Å²) in [4.78, 5) is 27.5. The van der Waals surface area contributed by atoms with Crippen molar-refractivity contribution in [2.45, 2.75) is 43.8 Å². The van der Waals surface area contributed by atoms with E-state index in [1.807, 2.05) is 0 Å². The first-order valence-electron chi connectivity index (χ1n) is 7.76. The summed E-state index contributed by atoms with van der Waals surface area (Å²) in [5.74, 6) is -0.897. The molecule has 2 amide bonds. The molecule has 3 rings (SSSR count). The van der Waals surface area contributed by atoms with Gasteiger partial charge in [-0.3, -0.25) is 9.69 Å². The molecular weight excluding hydrogens is 274 g/mol. The van der Waals surface area contributed by atoms with Crippen LogP contribution in [0.5, 0.6) is 0 Å². The van der Waals surface area contributed by atoms with Crippen LogP contribution in [-0.2, 0) is 9.53 Å². The van der Waals surface area contributed by atoms with Gasteiger partial charge < -0.3 is 20.1 Å². The molecule has 0 aliphatic carbocycles. The predicted octanol–water partition coefficient (Wildman–Crippen LogP) is 0.108. The number of amides is 2. The lowest BCUT2D eigenvalue weighted by Gasteiger charge is -2.36. The average molecular weight is 297 g/mol. The van der Waals surface area contributed by atoms with Crippen LogP contribution in [0.4, 0.5) is 4.79 Å². The van der Waals surface area contributed by atoms with Crippen LogP contribution in [0.2, 0.25) is 0 Å². The monoisotopic (exact) mass is 297 g/mol. The normalized spacial score (nSPS) is 33.0. The third-order valence-electron chi connectivity index (χ3n) is 4.81. The molecule has 0 spiro atoms. The number of fused-ring (bicyclic) bond motifs is 1. The third-order valence-corrected chi connectivity index (χ3v) is 4.81. The van der Waals surface area contributed by atoms with E-state index in [0.29, 0.717) is 25.8 Å². The number of ether oxygens (including phenoxy) is 1. The van der Waals surface area contributed by atoms with Gasteiger partial charge in [0.05, 0.1) is 25.7 Å². The number of hydrogen-bond acceptors (Lipinski definition) is 4. The van der Waals surface area contributed by atoms with Crippen LogP contribution >= 0.6 is 0 Å². The molecule has 21 heavy (non-hydrogen) atoms. The Balaban J connectivity index is 1.59. The minimum atomic E-state index is -0.897. The number of hydrogen-bond donors (Lipinski definition) is 2. The van der Waals surface area contributed by atoms with E-state index < -0.39 is 5.97 Å². The molecule has 3 atom stereocenters. The van der Waals surface area contributed by atoms with E-state index in [2.05, 4.69) is 10.2 Å². The van der Waals surface area contributed by atoms with Crippen molar-refractivity contribution < 1.29 is 19.4 Å². The quantitative estimate of drug-likeness (QED) is 0.772. The van der Waals surface area contributed by atoms with Gasteiger partial charge in [0.15, 0.2) is 0 Å². The minimum absolute atomic E-state index is 0.0619. The van der Waals surface area contributed by atoms with E-state index >= 15 is 0 Å². The molecule has 3 saturated heterocycles. The molecule has 3 heterocycles. The highest BCUT2D eigenvalue weighted by Gasteiger charge is 2.39. The molecule has 0 saturated carbocycles. The van der Waals surface area contributed by atoms with Crippen molar-refractivity contribution in [2.24, 2.45) is 0 Å². The van der Waals surface area contributed by atoms with E-state index in [1.54, 1.807) is 4.90 Å². The number of morpholine rings is 1. The average Bonchev–Trinajstić information content (AvgIpc) is 3.03. The Bertz CT molecular complexity index is 417.